The zero-order valence-electron chi connectivity index (χ0n) is 11.8. The summed E-state index contributed by atoms with van der Waals surface area (Å²) in [6.45, 7) is 0.870. The van der Waals surface area contributed by atoms with Crippen LogP contribution in [0.3, 0.4) is 0 Å². The summed E-state index contributed by atoms with van der Waals surface area (Å²) in [5, 5.41) is 2.68. The quantitative estimate of drug-likeness (QED) is 0.800. The summed E-state index contributed by atoms with van der Waals surface area (Å²) < 4.78 is 5.13. The molecule has 0 atom stereocenters. The van der Waals surface area contributed by atoms with Gasteiger partial charge in [0.15, 0.2) is 0 Å². The number of ether oxygens (including phenoxy) is 1. The molecule has 1 aromatic carbocycles. The van der Waals surface area contributed by atoms with Crippen LogP contribution in [-0.4, -0.2) is 17.7 Å². The Balaban J connectivity index is 1.67. The smallest absolute Gasteiger partial charge is 0.411 e. The van der Waals surface area contributed by atoms with Crippen molar-refractivity contribution in [3.8, 4) is 0 Å². The fourth-order valence-electron chi connectivity index (χ4n) is 1.87. The van der Waals surface area contributed by atoms with E-state index in [0.29, 0.717) is 18.8 Å². The molecule has 0 bridgehead atoms. The van der Waals surface area contributed by atoms with E-state index in [9.17, 15) is 4.79 Å². The minimum absolute atomic E-state index is 0.384. The molecule has 0 radical (unpaired) electrons. The minimum Gasteiger partial charge on any atom is -0.449 e. The molecule has 0 spiro atoms. The topological polar surface area (TPSA) is 77.2 Å². The molecule has 3 N–H and O–H groups in total. The van der Waals surface area contributed by atoms with Crippen LogP contribution in [-0.2, 0) is 17.7 Å². The van der Waals surface area contributed by atoms with Gasteiger partial charge in [0.05, 0.1) is 6.61 Å². The molecule has 0 saturated carbocycles. The second-order valence-electron chi connectivity index (χ2n) is 4.62. The molecule has 0 saturated heterocycles. The van der Waals surface area contributed by atoms with Gasteiger partial charge in [0.2, 0.25) is 0 Å². The van der Waals surface area contributed by atoms with E-state index in [1.165, 1.54) is 5.56 Å². The lowest BCUT2D eigenvalue weighted by molar-refractivity contribution is 0.160. The zero-order chi connectivity index (χ0) is 14.9. The van der Waals surface area contributed by atoms with Crippen LogP contribution in [0.5, 0.6) is 0 Å². The Labute approximate surface area is 124 Å². The number of nitrogens with one attached hydrogen (secondary N) is 1. The van der Waals surface area contributed by atoms with Crippen molar-refractivity contribution in [3.63, 3.8) is 0 Å². The van der Waals surface area contributed by atoms with Crippen LogP contribution in [0.1, 0.15) is 17.5 Å². The average Bonchev–Trinajstić information content (AvgIpc) is 2.53. The third-order valence-corrected chi connectivity index (χ3v) is 3.03. The molecule has 1 heterocycles. The van der Waals surface area contributed by atoms with Gasteiger partial charge in [-0.3, -0.25) is 10.3 Å². The van der Waals surface area contributed by atoms with E-state index >= 15 is 0 Å². The Hall–Kier alpha value is -2.40. The summed E-state index contributed by atoms with van der Waals surface area (Å²) in [4.78, 5) is 15.6. The van der Waals surface area contributed by atoms with Gasteiger partial charge in [-0.15, -0.1) is 0 Å². The van der Waals surface area contributed by atoms with E-state index in [4.69, 9.17) is 10.5 Å². The van der Waals surface area contributed by atoms with Crippen molar-refractivity contribution in [2.45, 2.75) is 19.4 Å². The number of pyridine rings is 1. The van der Waals surface area contributed by atoms with Gasteiger partial charge in [-0.25, -0.2) is 4.79 Å². The molecule has 110 valence electrons. The molecule has 1 aromatic heterocycles. The first-order valence-electron chi connectivity index (χ1n) is 6.89. The lowest BCUT2D eigenvalue weighted by atomic mass is 10.1. The van der Waals surface area contributed by atoms with Gasteiger partial charge < -0.3 is 10.5 Å². The Bertz CT molecular complexity index is 555. The highest BCUT2D eigenvalue weighted by molar-refractivity contribution is 5.84. The fraction of sp³-hybridized carbons (Fsp3) is 0.250. The number of anilines is 1. The number of amides is 1. The van der Waals surface area contributed by atoms with Crippen LogP contribution < -0.4 is 11.1 Å². The van der Waals surface area contributed by atoms with Gasteiger partial charge in [-0.1, -0.05) is 12.1 Å². The SMILES string of the molecule is NCc1ccc(NC(=O)OCCCc2ccncc2)cc1. The van der Waals surface area contributed by atoms with Crippen molar-refractivity contribution >= 4 is 11.8 Å². The Kier molecular flexibility index (Phi) is 5.72. The number of aromatic nitrogens is 1. The zero-order valence-corrected chi connectivity index (χ0v) is 11.8. The van der Waals surface area contributed by atoms with Crippen LogP contribution in [0.4, 0.5) is 10.5 Å². The molecule has 5 heteroatoms. The summed E-state index contributed by atoms with van der Waals surface area (Å²) in [5.41, 5.74) is 8.42. The molecule has 5 nitrogen and oxygen atoms in total. The Morgan fingerprint density at radius 1 is 1.10 bits per heavy atom. The van der Waals surface area contributed by atoms with Crippen LogP contribution in [0.2, 0.25) is 0 Å². The first-order chi connectivity index (χ1) is 10.3. The lowest BCUT2D eigenvalue weighted by Gasteiger charge is -2.07. The Morgan fingerprint density at radius 3 is 2.48 bits per heavy atom. The highest BCUT2D eigenvalue weighted by Gasteiger charge is 2.03. The minimum atomic E-state index is -0.440. The van der Waals surface area contributed by atoms with Crippen LogP contribution in [0.15, 0.2) is 48.8 Å². The van der Waals surface area contributed by atoms with Crippen molar-refractivity contribution < 1.29 is 9.53 Å². The van der Waals surface area contributed by atoms with E-state index in [1.807, 2.05) is 24.3 Å². The Morgan fingerprint density at radius 2 is 1.81 bits per heavy atom. The van der Waals surface area contributed by atoms with Gasteiger partial charge in [0.25, 0.3) is 0 Å². The number of hydrogen-bond acceptors (Lipinski definition) is 4. The summed E-state index contributed by atoms with van der Waals surface area (Å²) in [6, 6.07) is 11.3. The number of nitrogens with zero attached hydrogens (tertiary/aromatic N) is 1. The number of aryl methyl sites for hydroxylation is 1. The van der Waals surface area contributed by atoms with Gasteiger partial charge in [0, 0.05) is 24.6 Å². The van der Waals surface area contributed by atoms with Crippen LogP contribution >= 0.6 is 0 Å². The van der Waals surface area contributed by atoms with E-state index in [2.05, 4.69) is 10.3 Å². The first-order valence-corrected chi connectivity index (χ1v) is 6.89. The number of nitrogens with two attached hydrogens (primary N) is 1. The summed E-state index contributed by atoms with van der Waals surface area (Å²) in [5.74, 6) is 0. The lowest BCUT2D eigenvalue weighted by Crippen LogP contribution is -2.14. The van der Waals surface area contributed by atoms with Crippen molar-refractivity contribution in [3.05, 3.63) is 59.9 Å². The van der Waals surface area contributed by atoms with E-state index in [0.717, 1.165) is 18.4 Å². The van der Waals surface area contributed by atoms with E-state index in [-0.39, 0.29) is 0 Å². The molecule has 0 aliphatic carbocycles. The summed E-state index contributed by atoms with van der Waals surface area (Å²) in [6.07, 6.45) is 4.72. The van der Waals surface area contributed by atoms with Crippen molar-refractivity contribution in [1.29, 1.82) is 0 Å². The van der Waals surface area contributed by atoms with Crippen molar-refractivity contribution in [2.75, 3.05) is 11.9 Å². The molecule has 1 amide bonds. The highest BCUT2D eigenvalue weighted by Crippen LogP contribution is 2.09. The van der Waals surface area contributed by atoms with Gasteiger partial charge in [0.1, 0.15) is 0 Å². The maximum Gasteiger partial charge on any atom is 0.411 e. The fourth-order valence-corrected chi connectivity index (χ4v) is 1.87. The molecule has 0 aliphatic heterocycles. The maximum absolute atomic E-state index is 11.6. The summed E-state index contributed by atoms with van der Waals surface area (Å²) >= 11 is 0. The number of hydrogen-bond donors (Lipinski definition) is 2. The van der Waals surface area contributed by atoms with E-state index in [1.54, 1.807) is 24.5 Å². The third kappa shape index (κ3) is 5.24. The molecular formula is C16H19N3O2. The van der Waals surface area contributed by atoms with Gasteiger partial charge >= 0.3 is 6.09 Å². The van der Waals surface area contributed by atoms with Crippen LogP contribution in [0.25, 0.3) is 0 Å². The number of benzene rings is 1. The average molecular weight is 285 g/mol. The second kappa shape index (κ2) is 8.01. The number of rotatable bonds is 6. The third-order valence-electron chi connectivity index (χ3n) is 3.03. The van der Waals surface area contributed by atoms with Gasteiger partial charge in [-0.05, 0) is 48.2 Å². The molecule has 0 aliphatic rings. The van der Waals surface area contributed by atoms with Gasteiger partial charge in [-0.2, -0.15) is 0 Å². The normalized spacial score (nSPS) is 10.1. The maximum atomic E-state index is 11.6. The number of carbonyl (C=O) groups excluding carboxylic acids is 1. The molecule has 2 rings (SSSR count). The van der Waals surface area contributed by atoms with Crippen molar-refractivity contribution in [2.24, 2.45) is 5.73 Å². The largest absolute Gasteiger partial charge is 0.449 e. The monoisotopic (exact) mass is 285 g/mol. The van der Waals surface area contributed by atoms with Crippen LogP contribution in [0, 0.1) is 0 Å². The second-order valence-corrected chi connectivity index (χ2v) is 4.62. The highest BCUT2D eigenvalue weighted by atomic mass is 16.5. The molecule has 0 fully saturated rings. The predicted molar refractivity (Wildman–Crippen MR) is 81.9 cm³/mol. The predicted octanol–water partition coefficient (Wildman–Crippen LogP) is 2.72. The molecule has 21 heavy (non-hydrogen) atoms. The molecular weight excluding hydrogens is 266 g/mol. The van der Waals surface area contributed by atoms with E-state index < -0.39 is 6.09 Å². The standard InChI is InChI=1S/C16H19N3O2/c17-12-14-3-5-15(6-4-14)19-16(20)21-11-1-2-13-7-9-18-10-8-13/h3-10H,1-2,11-12,17H2,(H,19,20). The first kappa shape index (κ1) is 15.0. The number of carbonyl (C=O) groups is 1. The molecule has 2 aromatic rings. The summed E-state index contributed by atoms with van der Waals surface area (Å²) in [7, 11) is 0. The molecule has 0 unspecified atom stereocenters. The van der Waals surface area contributed by atoms with Crippen molar-refractivity contribution in [1.82, 2.24) is 4.98 Å².